The summed E-state index contributed by atoms with van der Waals surface area (Å²) >= 11 is 2.14. The Balaban J connectivity index is 2.17. The van der Waals surface area contributed by atoms with Gasteiger partial charge in [-0.2, -0.15) is 0 Å². The molecule has 2 aromatic rings. The number of halogens is 1. The van der Waals surface area contributed by atoms with E-state index in [-0.39, 0.29) is 5.91 Å². The standard InChI is InChI=1S/C20H22INO3/c1-12-8-13(2)10-15(9-12)11-16(20(24)25)14(3)19(23)22-18-7-5-4-6-17(18)21/h4-10,14,16H,11H2,1-3H3,(H,22,23)(H,24,25)/t14-,16-/m1/s1. The molecule has 2 rings (SSSR count). The number of carboxylic acids is 1. The molecule has 0 unspecified atom stereocenters. The molecule has 2 N–H and O–H groups in total. The fourth-order valence-corrected chi connectivity index (χ4v) is 3.43. The van der Waals surface area contributed by atoms with Gasteiger partial charge < -0.3 is 10.4 Å². The highest BCUT2D eigenvalue weighted by molar-refractivity contribution is 14.1. The van der Waals surface area contributed by atoms with Crippen LogP contribution in [0.25, 0.3) is 0 Å². The van der Waals surface area contributed by atoms with Crippen LogP contribution in [0.2, 0.25) is 0 Å². The second-order valence-electron chi connectivity index (χ2n) is 6.40. The largest absolute Gasteiger partial charge is 0.481 e. The smallest absolute Gasteiger partial charge is 0.307 e. The predicted molar refractivity (Wildman–Crippen MR) is 108 cm³/mol. The molecular formula is C20H22INO3. The number of rotatable bonds is 6. The molecule has 0 radical (unpaired) electrons. The Morgan fingerprint density at radius 3 is 2.28 bits per heavy atom. The van der Waals surface area contributed by atoms with Gasteiger partial charge in [0.25, 0.3) is 0 Å². The van der Waals surface area contributed by atoms with Crippen molar-refractivity contribution in [1.29, 1.82) is 0 Å². The Kier molecular flexibility index (Phi) is 6.58. The fraction of sp³-hybridized carbons (Fsp3) is 0.300. The maximum absolute atomic E-state index is 12.6. The van der Waals surface area contributed by atoms with Gasteiger partial charge >= 0.3 is 5.97 Å². The highest BCUT2D eigenvalue weighted by Crippen LogP contribution is 2.23. The number of benzene rings is 2. The quantitative estimate of drug-likeness (QED) is 0.639. The molecule has 5 heteroatoms. The van der Waals surface area contributed by atoms with Crippen molar-refractivity contribution < 1.29 is 14.7 Å². The van der Waals surface area contributed by atoms with Gasteiger partial charge in [0.1, 0.15) is 0 Å². The lowest BCUT2D eigenvalue weighted by Crippen LogP contribution is -2.33. The average Bonchev–Trinajstić information content (AvgIpc) is 2.53. The third kappa shape index (κ3) is 5.29. The molecule has 2 atom stereocenters. The van der Waals surface area contributed by atoms with Crippen LogP contribution >= 0.6 is 22.6 Å². The molecule has 0 bridgehead atoms. The number of hydrogen-bond donors (Lipinski definition) is 2. The zero-order valence-corrected chi connectivity index (χ0v) is 16.7. The van der Waals surface area contributed by atoms with Crippen LogP contribution in [0, 0.1) is 29.3 Å². The summed E-state index contributed by atoms with van der Waals surface area (Å²) in [6.07, 6.45) is 0.332. The van der Waals surface area contributed by atoms with Crippen molar-refractivity contribution in [3.63, 3.8) is 0 Å². The van der Waals surface area contributed by atoms with E-state index in [0.29, 0.717) is 12.1 Å². The van der Waals surface area contributed by atoms with Gasteiger partial charge in [-0.05, 0) is 60.6 Å². The Morgan fingerprint density at radius 2 is 1.72 bits per heavy atom. The monoisotopic (exact) mass is 451 g/mol. The summed E-state index contributed by atoms with van der Waals surface area (Å²) in [5, 5.41) is 12.5. The van der Waals surface area contributed by atoms with Crippen molar-refractivity contribution in [2.45, 2.75) is 27.2 Å². The van der Waals surface area contributed by atoms with E-state index in [9.17, 15) is 14.7 Å². The van der Waals surface area contributed by atoms with Crippen LogP contribution in [0.4, 0.5) is 5.69 Å². The summed E-state index contributed by atoms with van der Waals surface area (Å²) in [4.78, 5) is 24.3. The molecule has 2 aromatic carbocycles. The zero-order valence-electron chi connectivity index (χ0n) is 14.5. The Morgan fingerprint density at radius 1 is 1.12 bits per heavy atom. The summed E-state index contributed by atoms with van der Waals surface area (Å²) < 4.78 is 0.918. The van der Waals surface area contributed by atoms with Crippen LogP contribution < -0.4 is 5.32 Å². The van der Waals surface area contributed by atoms with Crippen LogP contribution in [-0.4, -0.2) is 17.0 Å². The van der Waals surface area contributed by atoms with Crippen LogP contribution in [0.5, 0.6) is 0 Å². The maximum Gasteiger partial charge on any atom is 0.307 e. The van der Waals surface area contributed by atoms with Gasteiger partial charge in [0.15, 0.2) is 0 Å². The number of aryl methyl sites for hydroxylation is 2. The van der Waals surface area contributed by atoms with Crippen LogP contribution in [-0.2, 0) is 16.0 Å². The summed E-state index contributed by atoms with van der Waals surface area (Å²) in [5.74, 6) is -2.65. The predicted octanol–water partition coefficient (Wildman–Crippen LogP) is 4.43. The molecule has 0 fully saturated rings. The fourth-order valence-electron chi connectivity index (χ4n) is 2.91. The maximum atomic E-state index is 12.6. The summed E-state index contributed by atoms with van der Waals surface area (Å²) in [5.41, 5.74) is 3.83. The number of para-hydroxylation sites is 1. The van der Waals surface area contributed by atoms with Gasteiger partial charge in [-0.25, -0.2) is 0 Å². The number of aliphatic carboxylic acids is 1. The van der Waals surface area contributed by atoms with E-state index in [1.807, 2.05) is 56.3 Å². The van der Waals surface area contributed by atoms with Crippen LogP contribution in [0.15, 0.2) is 42.5 Å². The molecule has 0 saturated heterocycles. The number of carbonyl (C=O) groups is 2. The number of carbonyl (C=O) groups excluding carboxylic acids is 1. The van der Waals surface area contributed by atoms with Gasteiger partial charge in [-0.3, -0.25) is 9.59 Å². The minimum absolute atomic E-state index is 0.277. The SMILES string of the molecule is Cc1cc(C)cc(C[C@@H](C(=O)O)[C@@H](C)C(=O)Nc2ccccc2I)c1. The zero-order chi connectivity index (χ0) is 18.6. The first-order valence-corrected chi connectivity index (χ1v) is 9.21. The van der Waals surface area contributed by atoms with E-state index in [2.05, 4.69) is 27.9 Å². The average molecular weight is 451 g/mol. The van der Waals surface area contributed by atoms with Crippen molar-refractivity contribution in [2.75, 3.05) is 5.32 Å². The molecular weight excluding hydrogens is 429 g/mol. The topological polar surface area (TPSA) is 66.4 Å². The molecule has 1 amide bonds. The second kappa shape index (κ2) is 8.47. The van der Waals surface area contributed by atoms with Gasteiger partial charge in [0.05, 0.1) is 11.6 Å². The van der Waals surface area contributed by atoms with E-state index >= 15 is 0 Å². The highest BCUT2D eigenvalue weighted by atomic mass is 127. The van der Waals surface area contributed by atoms with Crippen molar-refractivity contribution in [3.8, 4) is 0 Å². The van der Waals surface area contributed by atoms with E-state index < -0.39 is 17.8 Å². The van der Waals surface area contributed by atoms with Crippen LogP contribution in [0.1, 0.15) is 23.6 Å². The molecule has 0 aliphatic carbocycles. The molecule has 0 saturated carbocycles. The third-order valence-electron chi connectivity index (χ3n) is 4.20. The van der Waals surface area contributed by atoms with Crippen molar-refractivity contribution in [3.05, 3.63) is 62.7 Å². The summed E-state index contributed by atoms with van der Waals surface area (Å²) in [7, 11) is 0. The van der Waals surface area contributed by atoms with E-state index in [4.69, 9.17) is 0 Å². The number of nitrogens with one attached hydrogen (secondary N) is 1. The van der Waals surface area contributed by atoms with Gasteiger partial charge in [0, 0.05) is 9.49 Å². The van der Waals surface area contributed by atoms with E-state index in [1.165, 1.54) is 0 Å². The summed E-state index contributed by atoms with van der Waals surface area (Å²) in [6, 6.07) is 13.4. The molecule has 0 spiro atoms. The normalized spacial score (nSPS) is 13.1. The first kappa shape index (κ1) is 19.4. The minimum Gasteiger partial charge on any atom is -0.481 e. The third-order valence-corrected chi connectivity index (χ3v) is 5.14. The molecule has 25 heavy (non-hydrogen) atoms. The molecule has 4 nitrogen and oxygen atoms in total. The van der Waals surface area contributed by atoms with Crippen molar-refractivity contribution in [2.24, 2.45) is 11.8 Å². The first-order valence-electron chi connectivity index (χ1n) is 8.13. The Labute approximate surface area is 161 Å². The molecule has 0 aromatic heterocycles. The lowest BCUT2D eigenvalue weighted by atomic mass is 9.86. The lowest BCUT2D eigenvalue weighted by molar-refractivity contribution is -0.145. The Bertz CT molecular complexity index is 768. The van der Waals surface area contributed by atoms with E-state index in [0.717, 1.165) is 20.3 Å². The van der Waals surface area contributed by atoms with Crippen molar-refractivity contribution >= 4 is 40.2 Å². The number of amides is 1. The molecule has 0 aliphatic heterocycles. The van der Waals surface area contributed by atoms with E-state index in [1.54, 1.807) is 6.92 Å². The molecule has 0 aliphatic rings. The van der Waals surface area contributed by atoms with Gasteiger partial charge in [-0.15, -0.1) is 0 Å². The molecule has 132 valence electrons. The van der Waals surface area contributed by atoms with Gasteiger partial charge in [0.2, 0.25) is 5.91 Å². The lowest BCUT2D eigenvalue weighted by Gasteiger charge is -2.20. The highest BCUT2D eigenvalue weighted by Gasteiger charge is 2.30. The molecule has 0 heterocycles. The Hall–Kier alpha value is -1.89. The minimum atomic E-state index is -0.954. The summed E-state index contributed by atoms with van der Waals surface area (Å²) in [6.45, 7) is 5.64. The number of carboxylic acid groups (broad SMARTS) is 1. The number of hydrogen-bond acceptors (Lipinski definition) is 2. The van der Waals surface area contributed by atoms with Crippen molar-refractivity contribution in [1.82, 2.24) is 0 Å². The van der Waals surface area contributed by atoms with Crippen LogP contribution in [0.3, 0.4) is 0 Å². The first-order chi connectivity index (χ1) is 11.8. The second-order valence-corrected chi connectivity index (χ2v) is 7.56. The number of anilines is 1. The van der Waals surface area contributed by atoms with Gasteiger partial charge in [-0.1, -0.05) is 48.4 Å².